The minimum atomic E-state index is 0.707. The molecule has 1 saturated heterocycles. The molecule has 19 heavy (non-hydrogen) atoms. The van der Waals surface area contributed by atoms with Crippen LogP contribution in [0.2, 0.25) is 0 Å². The molecule has 0 aromatic carbocycles. The van der Waals surface area contributed by atoms with Gasteiger partial charge in [0.05, 0.1) is 11.9 Å². The van der Waals surface area contributed by atoms with Crippen molar-refractivity contribution in [3.63, 3.8) is 0 Å². The van der Waals surface area contributed by atoms with Gasteiger partial charge in [0.2, 0.25) is 0 Å². The number of piperidine rings is 1. The lowest BCUT2D eigenvalue weighted by molar-refractivity contribution is 0.171. The fraction of sp³-hybridized carbons (Fsp3) is 0.467. The van der Waals surface area contributed by atoms with Crippen molar-refractivity contribution in [3.8, 4) is 0 Å². The van der Waals surface area contributed by atoms with Crippen molar-refractivity contribution >= 4 is 0 Å². The van der Waals surface area contributed by atoms with E-state index in [0.29, 0.717) is 5.92 Å². The molecule has 0 radical (unpaired) electrons. The fourth-order valence-corrected chi connectivity index (χ4v) is 2.67. The van der Waals surface area contributed by atoms with Crippen LogP contribution in [-0.4, -0.2) is 28.0 Å². The first kappa shape index (κ1) is 12.4. The van der Waals surface area contributed by atoms with E-state index in [1.807, 2.05) is 12.3 Å². The number of hydrogen-bond acceptors (Lipinski definition) is 4. The van der Waals surface area contributed by atoms with Crippen molar-refractivity contribution in [3.05, 3.63) is 48.4 Å². The highest BCUT2D eigenvalue weighted by Crippen LogP contribution is 2.21. The molecule has 4 nitrogen and oxygen atoms in total. The van der Waals surface area contributed by atoms with Gasteiger partial charge in [-0.1, -0.05) is 6.07 Å². The highest BCUT2D eigenvalue weighted by molar-refractivity contribution is 5.03. The Morgan fingerprint density at radius 3 is 2.74 bits per heavy atom. The Kier molecular flexibility index (Phi) is 3.89. The molecule has 0 unspecified atom stereocenters. The number of nitrogens with zero attached hydrogens (tertiary/aromatic N) is 3. The molecular weight excluding hydrogens is 238 g/mol. The van der Waals surface area contributed by atoms with Crippen LogP contribution in [0, 0.1) is 5.92 Å². The van der Waals surface area contributed by atoms with Crippen molar-refractivity contribution < 1.29 is 4.42 Å². The lowest BCUT2D eigenvalue weighted by atomic mass is 9.93. The summed E-state index contributed by atoms with van der Waals surface area (Å²) in [5.41, 5.74) is 1.16. The van der Waals surface area contributed by atoms with E-state index >= 15 is 0 Å². The van der Waals surface area contributed by atoms with Gasteiger partial charge in [-0.25, -0.2) is 4.98 Å². The van der Waals surface area contributed by atoms with Crippen LogP contribution in [0.5, 0.6) is 0 Å². The van der Waals surface area contributed by atoms with Crippen LogP contribution in [0.15, 0.2) is 41.3 Å². The summed E-state index contributed by atoms with van der Waals surface area (Å²) in [6, 6.07) is 6.11. The van der Waals surface area contributed by atoms with Gasteiger partial charge in [-0.3, -0.25) is 9.88 Å². The Balaban J connectivity index is 1.47. The molecule has 0 aliphatic carbocycles. The summed E-state index contributed by atoms with van der Waals surface area (Å²) in [7, 11) is 0. The molecule has 3 rings (SSSR count). The van der Waals surface area contributed by atoms with Crippen molar-refractivity contribution in [1.29, 1.82) is 0 Å². The van der Waals surface area contributed by atoms with E-state index in [1.54, 1.807) is 12.5 Å². The molecular formula is C15H19N3O. The average Bonchev–Trinajstić information content (AvgIpc) is 2.95. The van der Waals surface area contributed by atoms with Crippen molar-refractivity contribution in [2.75, 3.05) is 13.1 Å². The number of aromatic nitrogens is 2. The summed E-state index contributed by atoms with van der Waals surface area (Å²) in [6.45, 7) is 3.25. The van der Waals surface area contributed by atoms with E-state index in [1.165, 1.54) is 12.8 Å². The van der Waals surface area contributed by atoms with Gasteiger partial charge in [-0.15, -0.1) is 0 Å². The highest BCUT2D eigenvalue weighted by Gasteiger charge is 2.20. The fourth-order valence-electron chi connectivity index (χ4n) is 2.67. The van der Waals surface area contributed by atoms with Crippen LogP contribution >= 0.6 is 0 Å². The summed E-state index contributed by atoms with van der Waals surface area (Å²) in [6.07, 6.45) is 8.66. The molecule has 4 heteroatoms. The van der Waals surface area contributed by atoms with Gasteiger partial charge < -0.3 is 4.42 Å². The van der Waals surface area contributed by atoms with Crippen LogP contribution in [0.1, 0.15) is 24.4 Å². The molecule has 100 valence electrons. The normalized spacial score (nSPS) is 17.7. The first-order valence-electron chi connectivity index (χ1n) is 6.91. The Morgan fingerprint density at radius 1 is 1.16 bits per heavy atom. The molecule has 2 aromatic rings. The maximum absolute atomic E-state index is 5.32. The van der Waals surface area contributed by atoms with Gasteiger partial charge in [0, 0.05) is 19.2 Å². The zero-order valence-corrected chi connectivity index (χ0v) is 11.0. The first-order chi connectivity index (χ1) is 9.40. The predicted octanol–water partition coefficient (Wildman–Crippen LogP) is 2.52. The van der Waals surface area contributed by atoms with Crippen molar-refractivity contribution in [2.24, 2.45) is 5.92 Å². The largest absolute Gasteiger partial charge is 0.449 e. The zero-order chi connectivity index (χ0) is 12.9. The second-order valence-electron chi connectivity index (χ2n) is 5.17. The Hall–Kier alpha value is -1.68. The quantitative estimate of drug-likeness (QED) is 0.844. The summed E-state index contributed by atoms with van der Waals surface area (Å²) in [5.74, 6) is 1.59. The number of likely N-dealkylation sites (tertiary alicyclic amines) is 1. The monoisotopic (exact) mass is 257 g/mol. The minimum Gasteiger partial charge on any atom is -0.449 e. The Labute approximate surface area is 113 Å². The number of rotatable bonds is 4. The van der Waals surface area contributed by atoms with Gasteiger partial charge in [0.1, 0.15) is 6.26 Å². The maximum Gasteiger partial charge on any atom is 0.194 e. The van der Waals surface area contributed by atoms with E-state index in [4.69, 9.17) is 4.42 Å². The number of oxazole rings is 1. The Bertz CT molecular complexity index is 475. The van der Waals surface area contributed by atoms with Crippen LogP contribution in [0.3, 0.4) is 0 Å². The molecule has 0 spiro atoms. The van der Waals surface area contributed by atoms with Gasteiger partial charge in [0.25, 0.3) is 0 Å². The third-order valence-corrected chi connectivity index (χ3v) is 3.77. The minimum absolute atomic E-state index is 0.707. The molecule has 1 aliphatic heterocycles. The summed E-state index contributed by atoms with van der Waals surface area (Å²) in [5, 5.41) is 0. The van der Waals surface area contributed by atoms with Gasteiger partial charge in [0.15, 0.2) is 5.89 Å². The van der Waals surface area contributed by atoms with Gasteiger partial charge in [-0.05, 0) is 44.0 Å². The first-order valence-corrected chi connectivity index (χ1v) is 6.91. The second kappa shape index (κ2) is 5.97. The molecule has 1 fully saturated rings. The summed E-state index contributed by atoms with van der Waals surface area (Å²) in [4.78, 5) is 11.1. The van der Waals surface area contributed by atoms with Gasteiger partial charge in [-0.2, -0.15) is 0 Å². The molecule has 2 aromatic heterocycles. The molecule has 3 heterocycles. The van der Waals surface area contributed by atoms with E-state index < -0.39 is 0 Å². The second-order valence-corrected chi connectivity index (χ2v) is 5.17. The molecule has 0 saturated carbocycles. The average molecular weight is 257 g/mol. The summed E-state index contributed by atoms with van der Waals surface area (Å²) >= 11 is 0. The van der Waals surface area contributed by atoms with E-state index in [2.05, 4.69) is 27.0 Å². The van der Waals surface area contributed by atoms with Crippen LogP contribution < -0.4 is 0 Å². The van der Waals surface area contributed by atoms with Crippen molar-refractivity contribution in [1.82, 2.24) is 14.9 Å². The molecule has 0 N–H and O–H groups in total. The molecule has 1 aliphatic rings. The Morgan fingerprint density at radius 2 is 2.05 bits per heavy atom. The highest BCUT2D eigenvalue weighted by atomic mass is 16.3. The molecule has 0 amide bonds. The zero-order valence-electron chi connectivity index (χ0n) is 11.0. The topological polar surface area (TPSA) is 42.2 Å². The molecule has 0 bridgehead atoms. The van der Waals surface area contributed by atoms with Gasteiger partial charge >= 0.3 is 0 Å². The van der Waals surface area contributed by atoms with Crippen LogP contribution in [0.25, 0.3) is 0 Å². The predicted molar refractivity (Wildman–Crippen MR) is 72.4 cm³/mol. The lowest BCUT2D eigenvalue weighted by Crippen LogP contribution is -2.34. The van der Waals surface area contributed by atoms with E-state index in [9.17, 15) is 0 Å². The van der Waals surface area contributed by atoms with E-state index in [0.717, 1.165) is 37.6 Å². The molecule has 0 atom stereocenters. The standard InChI is InChI=1S/C15H19N3O/c1-2-6-16-14(3-1)12-18-8-4-13(5-9-18)11-15-17-7-10-19-15/h1-3,6-7,10,13H,4-5,8-9,11-12H2. The van der Waals surface area contributed by atoms with E-state index in [-0.39, 0.29) is 0 Å². The number of pyridine rings is 1. The third kappa shape index (κ3) is 3.41. The SMILES string of the molecule is c1ccc(CN2CCC(Cc3ncco3)CC2)nc1. The van der Waals surface area contributed by atoms with Crippen LogP contribution in [0.4, 0.5) is 0 Å². The maximum atomic E-state index is 5.32. The van der Waals surface area contributed by atoms with Crippen LogP contribution in [-0.2, 0) is 13.0 Å². The number of hydrogen-bond donors (Lipinski definition) is 0. The lowest BCUT2D eigenvalue weighted by Gasteiger charge is -2.31. The third-order valence-electron chi connectivity index (χ3n) is 3.77. The summed E-state index contributed by atoms with van der Waals surface area (Å²) < 4.78 is 5.32. The smallest absolute Gasteiger partial charge is 0.194 e. The van der Waals surface area contributed by atoms with Crippen molar-refractivity contribution in [2.45, 2.75) is 25.8 Å².